The molecule has 1 amide bonds. The van der Waals surface area contributed by atoms with Crippen molar-refractivity contribution in [1.82, 2.24) is 5.32 Å². The van der Waals surface area contributed by atoms with Crippen molar-refractivity contribution in [3.63, 3.8) is 0 Å². The Morgan fingerprint density at radius 3 is 2.18 bits per heavy atom. The molecule has 0 aromatic carbocycles. The number of hydrogen-bond acceptors (Lipinski definition) is 2. The molecule has 2 saturated carbocycles. The number of carbonyl (C=O) groups is 1. The summed E-state index contributed by atoms with van der Waals surface area (Å²) in [6.45, 7) is 5.61. The minimum Gasteiger partial charge on any atom is -0.444 e. The van der Waals surface area contributed by atoms with E-state index in [0.717, 1.165) is 32.1 Å². The standard InChI is InChI=1S/C14H21NO2/c1-5-13(9-10-13)14(7-6-8-14)15-11(16)17-12(2,3)4/h1H,6-10H2,2-4H3,(H,15,16). The number of hydrogen-bond donors (Lipinski definition) is 1. The van der Waals surface area contributed by atoms with Crippen LogP contribution in [0.25, 0.3) is 0 Å². The predicted octanol–water partition coefficient (Wildman–Crippen LogP) is 2.85. The number of nitrogens with one attached hydrogen (secondary N) is 1. The molecule has 3 nitrogen and oxygen atoms in total. The molecule has 0 aromatic rings. The Morgan fingerprint density at radius 2 is 1.88 bits per heavy atom. The zero-order valence-electron chi connectivity index (χ0n) is 10.9. The highest BCUT2D eigenvalue weighted by atomic mass is 16.6. The first kappa shape index (κ1) is 12.3. The van der Waals surface area contributed by atoms with Crippen molar-refractivity contribution in [2.45, 2.75) is 64.0 Å². The fourth-order valence-electron chi connectivity index (χ4n) is 2.64. The number of terminal acetylenes is 1. The SMILES string of the molecule is C#CC1(C2(NC(=O)OC(C)(C)C)CCC2)CC1. The van der Waals surface area contributed by atoms with E-state index in [1.807, 2.05) is 20.8 Å². The molecule has 2 fully saturated rings. The number of amides is 1. The second-order valence-corrected chi connectivity index (χ2v) is 6.29. The smallest absolute Gasteiger partial charge is 0.408 e. The summed E-state index contributed by atoms with van der Waals surface area (Å²) >= 11 is 0. The van der Waals surface area contributed by atoms with Gasteiger partial charge in [-0.1, -0.05) is 5.92 Å². The van der Waals surface area contributed by atoms with Gasteiger partial charge >= 0.3 is 6.09 Å². The average molecular weight is 235 g/mol. The van der Waals surface area contributed by atoms with E-state index in [-0.39, 0.29) is 17.0 Å². The van der Waals surface area contributed by atoms with E-state index in [2.05, 4.69) is 11.2 Å². The molecule has 0 atom stereocenters. The zero-order chi connectivity index (χ0) is 12.7. The Bertz CT molecular complexity index is 365. The molecule has 0 bridgehead atoms. The van der Waals surface area contributed by atoms with Crippen LogP contribution in [0.4, 0.5) is 4.79 Å². The maximum atomic E-state index is 11.9. The molecule has 2 aliphatic rings. The van der Waals surface area contributed by atoms with Crippen molar-refractivity contribution in [3.05, 3.63) is 0 Å². The van der Waals surface area contributed by atoms with Crippen LogP contribution in [0.5, 0.6) is 0 Å². The quantitative estimate of drug-likeness (QED) is 0.747. The molecule has 0 heterocycles. The summed E-state index contributed by atoms with van der Waals surface area (Å²) in [4.78, 5) is 11.9. The lowest BCUT2D eigenvalue weighted by atomic mass is 9.66. The van der Waals surface area contributed by atoms with Gasteiger partial charge in [0.2, 0.25) is 0 Å². The minimum atomic E-state index is -0.456. The third-order valence-corrected chi connectivity index (χ3v) is 3.89. The van der Waals surface area contributed by atoms with Crippen LogP contribution in [-0.2, 0) is 4.74 Å². The minimum absolute atomic E-state index is 0.0951. The molecule has 2 aliphatic carbocycles. The summed E-state index contributed by atoms with van der Waals surface area (Å²) in [7, 11) is 0. The van der Waals surface area contributed by atoms with Gasteiger partial charge in [-0.15, -0.1) is 6.42 Å². The number of rotatable bonds is 2. The molecule has 0 spiro atoms. The molecule has 0 aromatic heterocycles. The zero-order valence-corrected chi connectivity index (χ0v) is 10.9. The van der Waals surface area contributed by atoms with E-state index < -0.39 is 5.60 Å². The summed E-state index contributed by atoms with van der Waals surface area (Å²) in [5.41, 5.74) is -0.742. The van der Waals surface area contributed by atoms with E-state index in [0.29, 0.717) is 0 Å². The molecular formula is C14H21NO2. The fraction of sp³-hybridized carbons (Fsp3) is 0.786. The van der Waals surface area contributed by atoms with Gasteiger partial charge in [0.05, 0.1) is 11.0 Å². The van der Waals surface area contributed by atoms with Crippen LogP contribution < -0.4 is 5.32 Å². The van der Waals surface area contributed by atoms with Crippen LogP contribution in [-0.4, -0.2) is 17.2 Å². The van der Waals surface area contributed by atoms with Crippen LogP contribution in [0.2, 0.25) is 0 Å². The second kappa shape index (κ2) is 3.66. The van der Waals surface area contributed by atoms with Crippen LogP contribution in [0.3, 0.4) is 0 Å². The van der Waals surface area contributed by atoms with E-state index in [1.165, 1.54) is 0 Å². The molecular weight excluding hydrogens is 214 g/mol. The van der Waals surface area contributed by atoms with Gasteiger partial charge in [-0.2, -0.15) is 0 Å². The van der Waals surface area contributed by atoms with Crippen LogP contribution in [0, 0.1) is 17.8 Å². The first-order valence-electron chi connectivity index (χ1n) is 6.32. The van der Waals surface area contributed by atoms with Crippen molar-refractivity contribution in [1.29, 1.82) is 0 Å². The number of carbonyl (C=O) groups excluding carboxylic acids is 1. The highest BCUT2D eigenvalue weighted by molar-refractivity contribution is 5.69. The Balaban J connectivity index is 2.02. The second-order valence-electron chi connectivity index (χ2n) is 6.29. The Morgan fingerprint density at radius 1 is 1.29 bits per heavy atom. The molecule has 2 rings (SSSR count). The van der Waals surface area contributed by atoms with Crippen molar-refractivity contribution in [3.8, 4) is 12.3 Å². The normalized spacial score (nSPS) is 24.1. The molecule has 0 aliphatic heterocycles. The van der Waals surface area contributed by atoms with Crippen molar-refractivity contribution in [2.75, 3.05) is 0 Å². The molecule has 0 unspecified atom stereocenters. The van der Waals surface area contributed by atoms with Crippen molar-refractivity contribution < 1.29 is 9.53 Å². The van der Waals surface area contributed by atoms with Gasteiger partial charge in [0.1, 0.15) is 5.60 Å². The predicted molar refractivity (Wildman–Crippen MR) is 66.5 cm³/mol. The first-order chi connectivity index (χ1) is 7.83. The summed E-state index contributed by atoms with van der Waals surface area (Å²) in [5, 5.41) is 3.04. The summed E-state index contributed by atoms with van der Waals surface area (Å²) in [6.07, 6.45) is 10.4. The lowest BCUT2D eigenvalue weighted by molar-refractivity contribution is 0.0296. The lowest BCUT2D eigenvalue weighted by Crippen LogP contribution is -2.60. The van der Waals surface area contributed by atoms with Gasteiger partial charge in [-0.3, -0.25) is 0 Å². The Labute approximate surface area is 103 Å². The molecule has 3 heteroatoms. The third kappa shape index (κ3) is 2.13. The molecule has 0 radical (unpaired) electrons. The summed E-state index contributed by atoms with van der Waals surface area (Å²) < 4.78 is 5.32. The van der Waals surface area contributed by atoms with Gasteiger partial charge < -0.3 is 10.1 Å². The Kier molecular flexibility index (Phi) is 2.65. The summed E-state index contributed by atoms with van der Waals surface area (Å²) in [5.74, 6) is 2.89. The van der Waals surface area contributed by atoms with Crippen LogP contribution in [0.15, 0.2) is 0 Å². The summed E-state index contributed by atoms with van der Waals surface area (Å²) in [6, 6.07) is 0. The number of alkyl carbamates (subject to hydrolysis) is 1. The monoisotopic (exact) mass is 235 g/mol. The van der Waals surface area contributed by atoms with E-state index in [1.54, 1.807) is 0 Å². The Hall–Kier alpha value is -1.17. The lowest BCUT2D eigenvalue weighted by Gasteiger charge is -2.47. The van der Waals surface area contributed by atoms with Gasteiger partial charge in [-0.25, -0.2) is 4.79 Å². The van der Waals surface area contributed by atoms with Gasteiger partial charge in [-0.05, 0) is 52.9 Å². The van der Waals surface area contributed by atoms with E-state index >= 15 is 0 Å². The molecule has 1 N–H and O–H groups in total. The topological polar surface area (TPSA) is 38.3 Å². The van der Waals surface area contributed by atoms with Gasteiger partial charge in [0.15, 0.2) is 0 Å². The van der Waals surface area contributed by atoms with Crippen LogP contribution in [0.1, 0.15) is 52.9 Å². The van der Waals surface area contributed by atoms with Crippen LogP contribution >= 0.6 is 0 Å². The molecule has 0 saturated heterocycles. The van der Waals surface area contributed by atoms with Gasteiger partial charge in [0, 0.05) is 0 Å². The molecule has 94 valence electrons. The van der Waals surface area contributed by atoms with E-state index in [9.17, 15) is 4.79 Å². The largest absolute Gasteiger partial charge is 0.444 e. The van der Waals surface area contributed by atoms with Crippen molar-refractivity contribution >= 4 is 6.09 Å². The van der Waals surface area contributed by atoms with Gasteiger partial charge in [0.25, 0.3) is 0 Å². The highest BCUT2D eigenvalue weighted by Gasteiger charge is 2.62. The van der Waals surface area contributed by atoms with E-state index in [4.69, 9.17) is 11.2 Å². The maximum Gasteiger partial charge on any atom is 0.408 e. The number of ether oxygens (including phenoxy) is 1. The highest BCUT2D eigenvalue weighted by Crippen LogP contribution is 2.60. The fourth-order valence-corrected chi connectivity index (χ4v) is 2.64. The maximum absolute atomic E-state index is 11.9. The van der Waals surface area contributed by atoms with Crippen molar-refractivity contribution in [2.24, 2.45) is 5.41 Å². The third-order valence-electron chi connectivity index (χ3n) is 3.89. The molecule has 17 heavy (non-hydrogen) atoms. The first-order valence-corrected chi connectivity index (χ1v) is 6.32. The average Bonchev–Trinajstić information content (AvgIpc) is 2.89.